The van der Waals surface area contributed by atoms with Crippen LogP contribution in [0.4, 0.5) is 0 Å². The van der Waals surface area contributed by atoms with Gasteiger partial charge < -0.3 is 5.73 Å². The zero-order valence-electron chi connectivity index (χ0n) is 30.4. The number of rotatable bonds is 4. The van der Waals surface area contributed by atoms with Crippen LogP contribution >= 0.6 is 0 Å². The molecule has 248 valence electrons. The molecule has 0 aliphatic heterocycles. The van der Waals surface area contributed by atoms with Crippen LogP contribution in [0.3, 0.4) is 0 Å². The van der Waals surface area contributed by atoms with Gasteiger partial charge in [-0.2, -0.15) is 0 Å². The smallest absolute Gasteiger partial charge is 0.0222 e. The molecule has 0 heterocycles. The Bertz CT molecular complexity index is 646. The highest BCUT2D eigenvalue weighted by atomic mass is 14.9. The van der Waals surface area contributed by atoms with Crippen molar-refractivity contribution in [3.05, 3.63) is 24.8 Å². The Morgan fingerprint density at radius 3 is 1.80 bits per heavy atom. The molecule has 41 heavy (non-hydrogen) atoms. The molecule has 2 N–H and O–H groups in total. The average Bonchev–Trinajstić information content (AvgIpc) is 3.27. The minimum absolute atomic E-state index is 0. The fourth-order valence-corrected chi connectivity index (χ4v) is 8.54. The highest BCUT2D eigenvalue weighted by molar-refractivity contribution is 5.17. The molecule has 0 aromatic rings. The summed E-state index contributed by atoms with van der Waals surface area (Å²) in [5.74, 6) is 4.40. The van der Waals surface area contributed by atoms with E-state index in [1.807, 2.05) is 41.5 Å². The number of unbranched alkanes of at least 4 members (excludes halogenated alkanes) is 1. The van der Waals surface area contributed by atoms with Gasteiger partial charge in [0, 0.05) is 5.54 Å². The van der Waals surface area contributed by atoms with E-state index in [0.717, 1.165) is 36.0 Å². The fraction of sp³-hybridized carbons (Fsp3) is 0.900. The molecule has 4 saturated carbocycles. The Kier molecular flexibility index (Phi) is 25.1. The van der Waals surface area contributed by atoms with Crippen LogP contribution in [0.1, 0.15) is 187 Å². The van der Waals surface area contributed by atoms with Crippen molar-refractivity contribution in [2.24, 2.45) is 46.2 Å². The highest BCUT2D eigenvalue weighted by Gasteiger charge is 2.64. The first-order chi connectivity index (χ1) is 18.9. The van der Waals surface area contributed by atoms with Crippen molar-refractivity contribution in [1.29, 1.82) is 0 Å². The Labute approximate surface area is 263 Å². The lowest BCUT2D eigenvalue weighted by Crippen LogP contribution is -2.67. The normalized spacial score (nSPS) is 34.0. The molecule has 0 radical (unpaired) electrons. The minimum atomic E-state index is 0. The van der Waals surface area contributed by atoms with Crippen molar-refractivity contribution in [3.63, 3.8) is 0 Å². The van der Waals surface area contributed by atoms with Gasteiger partial charge in [-0.25, -0.2) is 0 Å². The Morgan fingerprint density at radius 2 is 1.34 bits per heavy atom. The quantitative estimate of drug-likeness (QED) is 0.330. The van der Waals surface area contributed by atoms with Gasteiger partial charge in [0.1, 0.15) is 0 Å². The summed E-state index contributed by atoms with van der Waals surface area (Å²) in [6.07, 6.45) is 21.5. The van der Waals surface area contributed by atoms with Gasteiger partial charge in [-0.1, -0.05) is 121 Å². The molecule has 7 unspecified atom stereocenters. The van der Waals surface area contributed by atoms with Gasteiger partial charge in [0.05, 0.1) is 0 Å². The molecule has 4 fully saturated rings. The van der Waals surface area contributed by atoms with Gasteiger partial charge in [-0.15, -0.1) is 13.2 Å². The van der Waals surface area contributed by atoms with E-state index in [1.165, 1.54) is 89.0 Å². The molecule has 4 aliphatic carbocycles. The summed E-state index contributed by atoms with van der Waals surface area (Å²) in [5, 5.41) is 0. The first-order valence-corrected chi connectivity index (χ1v) is 17.9. The van der Waals surface area contributed by atoms with Crippen LogP contribution in [0.2, 0.25) is 0 Å². The van der Waals surface area contributed by atoms with Gasteiger partial charge >= 0.3 is 0 Å². The zero-order chi connectivity index (χ0) is 31.6. The van der Waals surface area contributed by atoms with E-state index >= 15 is 0 Å². The summed E-state index contributed by atoms with van der Waals surface area (Å²) < 4.78 is 0. The summed E-state index contributed by atoms with van der Waals surface area (Å²) in [7, 11) is 0. The predicted molar refractivity (Wildman–Crippen MR) is 194 cm³/mol. The summed E-state index contributed by atoms with van der Waals surface area (Å²) in [6.45, 7) is 35.2. The van der Waals surface area contributed by atoms with Gasteiger partial charge in [0.2, 0.25) is 0 Å². The summed E-state index contributed by atoms with van der Waals surface area (Å²) in [5.41, 5.74) is 9.95. The van der Waals surface area contributed by atoms with Crippen LogP contribution in [0.15, 0.2) is 24.8 Å². The molecule has 0 spiro atoms. The SMILES string of the molecule is C.C=C(C)CC.C=CC.CC.CC.CC(C)C.CCCCC1CCC2C1(C)CCC1C3(C)CCCCC3CCC12N. The first kappa shape index (κ1) is 44.9. The predicted octanol–water partition coefficient (Wildman–Crippen LogP) is 13.8. The first-order valence-electron chi connectivity index (χ1n) is 17.9. The van der Waals surface area contributed by atoms with Crippen LogP contribution in [-0.2, 0) is 0 Å². The molecule has 1 heteroatoms. The largest absolute Gasteiger partial charge is 0.325 e. The van der Waals surface area contributed by atoms with Gasteiger partial charge in [-0.3, -0.25) is 0 Å². The Balaban J connectivity index is -0.000000716. The van der Waals surface area contributed by atoms with E-state index in [4.69, 9.17) is 5.73 Å². The number of hydrogen-bond donors (Lipinski definition) is 1. The average molecular weight is 578 g/mol. The summed E-state index contributed by atoms with van der Waals surface area (Å²) in [6, 6.07) is 0. The van der Waals surface area contributed by atoms with Crippen molar-refractivity contribution in [2.45, 2.75) is 193 Å². The summed E-state index contributed by atoms with van der Waals surface area (Å²) in [4.78, 5) is 0. The van der Waals surface area contributed by atoms with Crippen LogP contribution in [0, 0.1) is 40.4 Å². The third-order valence-electron chi connectivity index (χ3n) is 10.5. The lowest BCUT2D eigenvalue weighted by molar-refractivity contribution is -0.126. The topological polar surface area (TPSA) is 26.0 Å². The van der Waals surface area contributed by atoms with Crippen molar-refractivity contribution < 1.29 is 0 Å². The second kappa shape index (κ2) is 22.9. The van der Waals surface area contributed by atoms with Crippen molar-refractivity contribution in [1.82, 2.24) is 0 Å². The molecule has 0 aromatic carbocycles. The lowest BCUT2D eigenvalue weighted by atomic mass is 9.42. The maximum absolute atomic E-state index is 7.42. The molecule has 7 atom stereocenters. The van der Waals surface area contributed by atoms with Crippen LogP contribution < -0.4 is 5.73 Å². The third-order valence-corrected chi connectivity index (χ3v) is 10.5. The molecule has 4 rings (SSSR count). The molecular weight excluding hydrogens is 494 g/mol. The number of nitrogens with two attached hydrogens (primary N) is 1. The zero-order valence-corrected chi connectivity index (χ0v) is 30.4. The highest BCUT2D eigenvalue weighted by Crippen LogP contribution is 2.68. The van der Waals surface area contributed by atoms with Crippen molar-refractivity contribution in [3.8, 4) is 0 Å². The Hall–Kier alpha value is -0.560. The summed E-state index contributed by atoms with van der Waals surface area (Å²) >= 11 is 0. The number of fused-ring (bicyclic) bond motifs is 5. The van der Waals surface area contributed by atoms with E-state index in [0.29, 0.717) is 10.8 Å². The molecule has 4 aliphatic rings. The Morgan fingerprint density at radius 1 is 0.854 bits per heavy atom. The van der Waals surface area contributed by atoms with Crippen molar-refractivity contribution >= 4 is 0 Å². The molecule has 0 bridgehead atoms. The number of hydrogen-bond acceptors (Lipinski definition) is 1. The van der Waals surface area contributed by atoms with E-state index in [-0.39, 0.29) is 13.0 Å². The van der Waals surface area contributed by atoms with E-state index < -0.39 is 0 Å². The van der Waals surface area contributed by atoms with E-state index in [2.05, 4.69) is 61.6 Å². The molecular formula is C40H83N. The lowest BCUT2D eigenvalue weighted by Gasteiger charge is -2.65. The van der Waals surface area contributed by atoms with Crippen LogP contribution in [0.25, 0.3) is 0 Å². The van der Waals surface area contributed by atoms with Crippen molar-refractivity contribution in [2.75, 3.05) is 0 Å². The maximum Gasteiger partial charge on any atom is 0.0222 e. The maximum atomic E-state index is 7.42. The minimum Gasteiger partial charge on any atom is -0.325 e. The van der Waals surface area contributed by atoms with E-state index in [9.17, 15) is 0 Å². The van der Waals surface area contributed by atoms with E-state index in [1.54, 1.807) is 6.08 Å². The fourth-order valence-electron chi connectivity index (χ4n) is 8.54. The van der Waals surface area contributed by atoms with Gasteiger partial charge in [0.25, 0.3) is 0 Å². The van der Waals surface area contributed by atoms with Crippen LogP contribution in [-0.4, -0.2) is 5.54 Å². The molecule has 1 nitrogen and oxygen atoms in total. The monoisotopic (exact) mass is 578 g/mol. The molecule has 0 amide bonds. The van der Waals surface area contributed by atoms with Gasteiger partial charge in [0.15, 0.2) is 0 Å². The number of allylic oxidation sites excluding steroid dienone is 2. The molecule has 0 aromatic heterocycles. The standard InChI is InChI=1S/C23H41N.C5H10.C4H10.C3H6.2C2H6.CH4/c1-4-5-8-17-10-11-19-22(17,3)15-13-20-21(2)14-7-6-9-18(21)12-16-23(19,20)24;1-4-5(2)3;1-4(2)3;1-3-2;2*1-2;/h17-20H,4-16,24H2,1-3H3;2,4H2,1,3H3;4H,1-3H3;3H,1H2,2H3;2*1-2H3;1H4. The van der Waals surface area contributed by atoms with Gasteiger partial charge in [-0.05, 0) is 118 Å². The second-order valence-electron chi connectivity index (χ2n) is 14.1. The molecule has 0 saturated heterocycles. The van der Waals surface area contributed by atoms with Crippen LogP contribution in [0.5, 0.6) is 0 Å². The second-order valence-corrected chi connectivity index (χ2v) is 14.1. The third kappa shape index (κ3) is 12.5.